The molecule has 0 amide bonds. The highest BCUT2D eigenvalue weighted by Gasteiger charge is 2.51. The summed E-state index contributed by atoms with van der Waals surface area (Å²) in [5, 5.41) is 31.0. The zero-order chi connectivity index (χ0) is 24.0. The number of halogens is 2. The van der Waals surface area contributed by atoms with Crippen LogP contribution in [0.1, 0.15) is 53.6 Å². The average Bonchev–Trinajstić information content (AvgIpc) is 3.55. The Hall–Kier alpha value is -2.77. The Labute approximate surface area is 196 Å². The van der Waals surface area contributed by atoms with Gasteiger partial charge in [0.2, 0.25) is 0 Å². The SMILES string of the molecule is O=C(O)c1ccc2c(c1)O[C@H]1C[C@@H](O)[C@H](/C=C/C(O)C3(c4cc(F)ccc4F)CC3)[C@H]1CCC2. The van der Waals surface area contributed by atoms with Crippen LogP contribution in [0.2, 0.25) is 0 Å². The summed E-state index contributed by atoms with van der Waals surface area (Å²) in [5.41, 5.74) is 0.470. The van der Waals surface area contributed by atoms with Gasteiger partial charge in [0.05, 0.1) is 17.8 Å². The summed E-state index contributed by atoms with van der Waals surface area (Å²) in [5.74, 6) is -1.79. The second kappa shape index (κ2) is 8.78. The van der Waals surface area contributed by atoms with Gasteiger partial charge < -0.3 is 20.1 Å². The number of benzene rings is 2. The molecule has 34 heavy (non-hydrogen) atoms. The number of aromatic carboxylic acids is 1. The van der Waals surface area contributed by atoms with E-state index in [0.717, 1.165) is 43.0 Å². The molecule has 1 aliphatic heterocycles. The molecule has 3 aliphatic rings. The molecule has 7 heteroatoms. The molecule has 0 bridgehead atoms. The maximum Gasteiger partial charge on any atom is 0.335 e. The first-order valence-corrected chi connectivity index (χ1v) is 11.8. The van der Waals surface area contributed by atoms with E-state index in [4.69, 9.17) is 4.74 Å². The second-order valence-electron chi connectivity index (χ2n) is 9.83. The summed E-state index contributed by atoms with van der Waals surface area (Å²) in [7, 11) is 0. The minimum Gasteiger partial charge on any atom is -0.490 e. The highest BCUT2D eigenvalue weighted by Crippen LogP contribution is 2.52. The first-order chi connectivity index (χ1) is 16.3. The predicted molar refractivity (Wildman–Crippen MR) is 121 cm³/mol. The monoisotopic (exact) mass is 470 g/mol. The first-order valence-electron chi connectivity index (χ1n) is 11.8. The van der Waals surface area contributed by atoms with E-state index in [1.807, 2.05) is 0 Å². The molecule has 0 radical (unpaired) electrons. The molecule has 2 fully saturated rings. The van der Waals surface area contributed by atoms with Gasteiger partial charge in [-0.3, -0.25) is 0 Å². The minimum atomic E-state index is -1.02. The standard InChI is InChI=1S/C27H28F2O5/c28-17-6-8-21(29)20(13-17)27(10-11-27)25(31)9-7-18-19-3-1-2-15-4-5-16(26(32)33)12-23(15)34-24(19)14-22(18)30/h4-9,12-13,18-19,22,24-25,30-31H,1-3,10-11,14H2,(H,32,33)/b9-7+/t18-,19-,22-,24+,25?/m1/s1. The molecule has 5 atom stereocenters. The molecule has 2 aromatic carbocycles. The van der Waals surface area contributed by atoms with Gasteiger partial charge >= 0.3 is 5.97 Å². The molecule has 5 rings (SSSR count). The number of carbonyl (C=O) groups is 1. The van der Waals surface area contributed by atoms with E-state index in [-0.39, 0.29) is 29.1 Å². The van der Waals surface area contributed by atoms with Crippen molar-refractivity contribution in [3.63, 3.8) is 0 Å². The number of aliphatic hydroxyl groups is 2. The third-order valence-corrected chi connectivity index (χ3v) is 7.80. The Kier molecular flexibility index (Phi) is 5.94. The van der Waals surface area contributed by atoms with Crippen molar-refractivity contribution >= 4 is 5.97 Å². The highest BCUT2D eigenvalue weighted by molar-refractivity contribution is 5.88. The van der Waals surface area contributed by atoms with Gasteiger partial charge in [-0.05, 0) is 73.6 Å². The number of hydrogen-bond donors (Lipinski definition) is 3. The number of fused-ring (bicyclic) bond motifs is 2. The molecule has 5 nitrogen and oxygen atoms in total. The van der Waals surface area contributed by atoms with Crippen LogP contribution >= 0.6 is 0 Å². The lowest BCUT2D eigenvalue weighted by atomic mass is 9.84. The molecule has 2 aliphatic carbocycles. The Morgan fingerprint density at radius 3 is 2.71 bits per heavy atom. The van der Waals surface area contributed by atoms with Crippen LogP contribution in [0.3, 0.4) is 0 Å². The van der Waals surface area contributed by atoms with Crippen molar-refractivity contribution in [1.82, 2.24) is 0 Å². The molecule has 0 saturated heterocycles. The third kappa shape index (κ3) is 4.12. The van der Waals surface area contributed by atoms with Gasteiger partial charge in [0.1, 0.15) is 23.5 Å². The molecule has 0 aromatic heterocycles. The largest absolute Gasteiger partial charge is 0.490 e. The quantitative estimate of drug-likeness (QED) is 0.564. The number of ether oxygens (including phenoxy) is 1. The van der Waals surface area contributed by atoms with E-state index in [0.29, 0.717) is 25.0 Å². The summed E-state index contributed by atoms with van der Waals surface area (Å²) >= 11 is 0. The van der Waals surface area contributed by atoms with Gasteiger partial charge in [-0.1, -0.05) is 18.2 Å². The Morgan fingerprint density at radius 1 is 1.18 bits per heavy atom. The fraction of sp³-hybridized carbons (Fsp3) is 0.444. The minimum absolute atomic E-state index is 0.00106. The number of carboxylic acid groups (broad SMARTS) is 1. The van der Waals surface area contributed by atoms with Crippen LogP contribution in [0.4, 0.5) is 8.78 Å². The number of aryl methyl sites for hydroxylation is 1. The van der Waals surface area contributed by atoms with Crippen molar-refractivity contribution in [2.45, 2.75) is 62.3 Å². The maximum atomic E-state index is 14.4. The van der Waals surface area contributed by atoms with Gasteiger partial charge in [0, 0.05) is 23.7 Å². The predicted octanol–water partition coefficient (Wildman–Crippen LogP) is 4.39. The van der Waals surface area contributed by atoms with Crippen LogP contribution in [0, 0.1) is 23.5 Å². The Morgan fingerprint density at radius 2 is 1.97 bits per heavy atom. The van der Waals surface area contributed by atoms with Crippen LogP contribution < -0.4 is 4.74 Å². The van der Waals surface area contributed by atoms with Gasteiger partial charge in [-0.2, -0.15) is 0 Å². The van der Waals surface area contributed by atoms with Gasteiger partial charge in [-0.25, -0.2) is 13.6 Å². The summed E-state index contributed by atoms with van der Waals surface area (Å²) in [4.78, 5) is 11.4. The molecule has 2 saturated carbocycles. The van der Waals surface area contributed by atoms with Crippen LogP contribution in [-0.2, 0) is 11.8 Å². The lowest BCUT2D eigenvalue weighted by Crippen LogP contribution is -2.28. The zero-order valence-corrected chi connectivity index (χ0v) is 18.7. The van der Waals surface area contributed by atoms with E-state index in [1.165, 1.54) is 0 Å². The molecular formula is C27H28F2O5. The summed E-state index contributed by atoms with van der Waals surface area (Å²) in [6, 6.07) is 8.23. The van der Waals surface area contributed by atoms with Crippen molar-refractivity contribution in [3.05, 3.63) is 76.9 Å². The molecule has 1 heterocycles. The fourth-order valence-corrected chi connectivity index (χ4v) is 5.74. The zero-order valence-electron chi connectivity index (χ0n) is 18.7. The highest BCUT2D eigenvalue weighted by atomic mass is 19.1. The number of carboxylic acids is 1. The van der Waals surface area contributed by atoms with Crippen molar-refractivity contribution < 1.29 is 33.6 Å². The number of aliphatic hydroxyl groups excluding tert-OH is 2. The van der Waals surface area contributed by atoms with Gasteiger partial charge in [0.15, 0.2) is 0 Å². The Balaban J connectivity index is 1.35. The van der Waals surface area contributed by atoms with Crippen molar-refractivity contribution in [2.75, 3.05) is 0 Å². The Bertz CT molecular complexity index is 1130. The van der Waals surface area contributed by atoms with Crippen molar-refractivity contribution in [3.8, 4) is 5.75 Å². The van der Waals surface area contributed by atoms with E-state index >= 15 is 0 Å². The van der Waals surface area contributed by atoms with E-state index in [2.05, 4.69) is 0 Å². The van der Waals surface area contributed by atoms with Crippen LogP contribution in [0.25, 0.3) is 0 Å². The summed E-state index contributed by atoms with van der Waals surface area (Å²) in [6.45, 7) is 0. The fourth-order valence-electron chi connectivity index (χ4n) is 5.74. The smallest absolute Gasteiger partial charge is 0.335 e. The number of rotatable bonds is 5. The second-order valence-corrected chi connectivity index (χ2v) is 9.83. The van der Waals surface area contributed by atoms with Crippen LogP contribution in [0.5, 0.6) is 5.75 Å². The molecule has 3 N–H and O–H groups in total. The normalized spacial score (nSPS) is 28.4. The molecule has 1 unspecified atom stereocenters. The lowest BCUT2D eigenvalue weighted by molar-refractivity contribution is 0.0695. The third-order valence-electron chi connectivity index (χ3n) is 7.80. The average molecular weight is 471 g/mol. The molecular weight excluding hydrogens is 442 g/mol. The number of hydrogen-bond acceptors (Lipinski definition) is 4. The van der Waals surface area contributed by atoms with Gasteiger partial charge in [0.25, 0.3) is 0 Å². The summed E-state index contributed by atoms with van der Waals surface area (Å²) < 4.78 is 34.3. The molecule has 180 valence electrons. The maximum absolute atomic E-state index is 14.4. The molecule has 0 spiro atoms. The van der Waals surface area contributed by atoms with E-state index in [1.54, 1.807) is 30.4 Å². The first kappa shape index (κ1) is 23.0. The van der Waals surface area contributed by atoms with Crippen molar-refractivity contribution in [2.24, 2.45) is 11.8 Å². The lowest BCUT2D eigenvalue weighted by Gasteiger charge is -2.28. The molecule has 2 aromatic rings. The van der Waals surface area contributed by atoms with E-state index in [9.17, 15) is 28.9 Å². The summed E-state index contributed by atoms with van der Waals surface area (Å²) in [6.07, 6.45) is 5.41. The van der Waals surface area contributed by atoms with Crippen LogP contribution in [-0.4, -0.2) is 39.6 Å². The van der Waals surface area contributed by atoms with E-state index < -0.39 is 35.2 Å². The van der Waals surface area contributed by atoms with Gasteiger partial charge in [-0.15, -0.1) is 0 Å². The topological polar surface area (TPSA) is 87.0 Å². The van der Waals surface area contributed by atoms with Crippen LogP contribution in [0.15, 0.2) is 48.6 Å². The van der Waals surface area contributed by atoms with Crippen molar-refractivity contribution in [1.29, 1.82) is 0 Å².